The fraction of sp³-hybridized carbons (Fsp3) is 0.556. The molecule has 1 aromatic carbocycles. The highest BCUT2D eigenvalue weighted by Crippen LogP contribution is 2.33. The number of nitrogens with zero attached hydrogens (tertiary/aromatic N) is 1. The maximum atomic E-state index is 12.2. The van der Waals surface area contributed by atoms with E-state index in [0.717, 1.165) is 0 Å². The minimum absolute atomic E-state index is 0.00684. The van der Waals surface area contributed by atoms with Crippen molar-refractivity contribution in [2.24, 2.45) is 0 Å². The van der Waals surface area contributed by atoms with Gasteiger partial charge in [-0.2, -0.15) is 0 Å². The molecule has 1 aromatic rings. The van der Waals surface area contributed by atoms with E-state index in [9.17, 15) is 30.0 Å². The molecule has 0 aromatic heterocycles. The van der Waals surface area contributed by atoms with Gasteiger partial charge >= 0.3 is 0 Å². The number of amides is 2. The molecule has 5 atom stereocenters. The first kappa shape index (κ1) is 20.5. The summed E-state index contributed by atoms with van der Waals surface area (Å²) in [6, 6.07) is 6.42. The van der Waals surface area contributed by atoms with Gasteiger partial charge in [-0.05, 0) is 17.7 Å². The zero-order valence-corrected chi connectivity index (χ0v) is 15.1. The van der Waals surface area contributed by atoms with Crippen molar-refractivity contribution in [3.05, 3.63) is 29.8 Å². The van der Waals surface area contributed by atoms with E-state index in [2.05, 4.69) is 5.32 Å². The summed E-state index contributed by atoms with van der Waals surface area (Å²) >= 11 is 0. The van der Waals surface area contributed by atoms with Crippen LogP contribution in [0.15, 0.2) is 24.3 Å². The van der Waals surface area contributed by atoms with Gasteiger partial charge in [0.2, 0.25) is 5.91 Å². The standard InChI is InChI=1S/C18H24N2O8/c21-8-12-15(24)16(25)17(26)18(28-12)10-2-1-3-11(6-10)27-9-14(23)20-5-4-19-13(22)7-20/h1-3,6,12,15-18,21,24-26H,4-5,7-9H2,(H,19,22)/t12-,15-,16+,17-,18?/m1/s1. The molecule has 0 spiro atoms. The molecule has 3 rings (SSSR count). The molecule has 2 heterocycles. The Morgan fingerprint density at radius 1 is 1.25 bits per heavy atom. The molecule has 0 saturated carbocycles. The Morgan fingerprint density at radius 3 is 2.75 bits per heavy atom. The molecule has 154 valence electrons. The number of piperazine rings is 1. The summed E-state index contributed by atoms with van der Waals surface area (Å²) in [7, 11) is 0. The average Bonchev–Trinajstić information content (AvgIpc) is 2.71. The van der Waals surface area contributed by atoms with Gasteiger partial charge < -0.3 is 40.1 Å². The second-order valence-electron chi connectivity index (χ2n) is 6.78. The van der Waals surface area contributed by atoms with Crippen molar-refractivity contribution in [2.45, 2.75) is 30.5 Å². The third kappa shape index (κ3) is 4.42. The van der Waals surface area contributed by atoms with Gasteiger partial charge in [-0.15, -0.1) is 0 Å². The fourth-order valence-corrected chi connectivity index (χ4v) is 3.25. The van der Waals surface area contributed by atoms with Gasteiger partial charge in [0.05, 0.1) is 13.2 Å². The molecule has 28 heavy (non-hydrogen) atoms. The number of hydrogen-bond acceptors (Lipinski definition) is 8. The summed E-state index contributed by atoms with van der Waals surface area (Å²) in [6.45, 7) is 0.0318. The topological polar surface area (TPSA) is 149 Å². The lowest BCUT2D eigenvalue weighted by molar-refractivity contribution is -0.231. The van der Waals surface area contributed by atoms with Crippen molar-refractivity contribution in [3.8, 4) is 5.75 Å². The minimum atomic E-state index is -1.48. The van der Waals surface area contributed by atoms with E-state index in [1.165, 1.54) is 4.90 Å². The lowest BCUT2D eigenvalue weighted by Crippen LogP contribution is -2.55. The summed E-state index contributed by atoms with van der Waals surface area (Å²) in [4.78, 5) is 25.0. The highest BCUT2D eigenvalue weighted by atomic mass is 16.5. The molecule has 10 heteroatoms. The average molecular weight is 396 g/mol. The van der Waals surface area contributed by atoms with Crippen LogP contribution in [0.4, 0.5) is 0 Å². The number of aliphatic hydroxyl groups excluding tert-OH is 4. The van der Waals surface area contributed by atoms with E-state index in [1.54, 1.807) is 24.3 Å². The molecule has 2 aliphatic rings. The number of benzene rings is 1. The fourth-order valence-electron chi connectivity index (χ4n) is 3.25. The summed E-state index contributed by atoms with van der Waals surface area (Å²) in [5.74, 6) is -0.207. The Kier molecular flexibility index (Phi) is 6.47. The van der Waals surface area contributed by atoms with Gasteiger partial charge in [0.25, 0.3) is 5.91 Å². The number of nitrogens with one attached hydrogen (secondary N) is 1. The number of rotatable bonds is 5. The van der Waals surface area contributed by atoms with E-state index in [1.807, 2.05) is 0 Å². The van der Waals surface area contributed by atoms with E-state index in [4.69, 9.17) is 9.47 Å². The monoisotopic (exact) mass is 396 g/mol. The summed E-state index contributed by atoms with van der Waals surface area (Å²) in [6.07, 6.45) is -6.32. The first-order chi connectivity index (χ1) is 13.4. The maximum Gasteiger partial charge on any atom is 0.261 e. The van der Waals surface area contributed by atoms with Crippen molar-refractivity contribution in [1.29, 1.82) is 0 Å². The predicted octanol–water partition coefficient (Wildman–Crippen LogP) is -2.46. The van der Waals surface area contributed by atoms with Crippen molar-refractivity contribution in [1.82, 2.24) is 10.2 Å². The molecule has 2 fully saturated rings. The van der Waals surface area contributed by atoms with Crippen molar-refractivity contribution in [2.75, 3.05) is 32.8 Å². The summed E-state index contributed by atoms with van der Waals surface area (Å²) in [5, 5.41) is 42.0. The Balaban J connectivity index is 1.65. The summed E-state index contributed by atoms with van der Waals surface area (Å²) in [5.41, 5.74) is 0.458. The van der Waals surface area contributed by atoms with Crippen LogP contribution in [-0.2, 0) is 14.3 Å². The number of carbonyl (C=O) groups is 2. The highest BCUT2D eigenvalue weighted by Gasteiger charge is 2.44. The number of aliphatic hydroxyl groups is 4. The van der Waals surface area contributed by atoms with Gasteiger partial charge in [0, 0.05) is 13.1 Å². The first-order valence-corrected chi connectivity index (χ1v) is 8.98. The van der Waals surface area contributed by atoms with E-state index >= 15 is 0 Å². The Labute approximate surface area is 161 Å². The Morgan fingerprint density at radius 2 is 2.04 bits per heavy atom. The van der Waals surface area contributed by atoms with Crippen molar-refractivity contribution < 1.29 is 39.5 Å². The van der Waals surface area contributed by atoms with E-state index < -0.39 is 37.1 Å². The van der Waals surface area contributed by atoms with Gasteiger partial charge in [-0.3, -0.25) is 9.59 Å². The third-order valence-electron chi connectivity index (χ3n) is 4.83. The molecule has 5 N–H and O–H groups in total. The number of ether oxygens (including phenoxy) is 2. The van der Waals surface area contributed by atoms with Gasteiger partial charge in [-0.1, -0.05) is 12.1 Å². The quantitative estimate of drug-likeness (QED) is 0.368. The molecular formula is C18H24N2O8. The van der Waals surface area contributed by atoms with Gasteiger partial charge in [-0.25, -0.2) is 0 Å². The molecule has 2 saturated heterocycles. The van der Waals surface area contributed by atoms with E-state index in [0.29, 0.717) is 24.4 Å². The van der Waals surface area contributed by atoms with Gasteiger partial charge in [0.1, 0.15) is 36.3 Å². The molecule has 2 aliphatic heterocycles. The van der Waals surface area contributed by atoms with Gasteiger partial charge in [0.15, 0.2) is 6.61 Å². The predicted molar refractivity (Wildman–Crippen MR) is 94.2 cm³/mol. The smallest absolute Gasteiger partial charge is 0.261 e. The van der Waals surface area contributed by atoms with Crippen LogP contribution < -0.4 is 10.1 Å². The number of carbonyl (C=O) groups excluding carboxylic acids is 2. The first-order valence-electron chi connectivity index (χ1n) is 8.98. The molecule has 0 bridgehead atoms. The van der Waals surface area contributed by atoms with Crippen LogP contribution in [0.2, 0.25) is 0 Å². The van der Waals surface area contributed by atoms with Crippen LogP contribution in [0.5, 0.6) is 5.75 Å². The Hall–Kier alpha value is -2.24. The minimum Gasteiger partial charge on any atom is -0.484 e. The summed E-state index contributed by atoms with van der Waals surface area (Å²) < 4.78 is 11.0. The van der Waals surface area contributed by atoms with Crippen LogP contribution in [0.1, 0.15) is 11.7 Å². The highest BCUT2D eigenvalue weighted by molar-refractivity contribution is 5.86. The zero-order valence-electron chi connectivity index (χ0n) is 15.1. The maximum absolute atomic E-state index is 12.2. The molecule has 10 nitrogen and oxygen atoms in total. The molecular weight excluding hydrogens is 372 g/mol. The van der Waals surface area contributed by atoms with Crippen LogP contribution in [0.3, 0.4) is 0 Å². The SMILES string of the molecule is O=C1CN(C(=O)COc2cccc(C3O[C@H](CO)[C@@H](O)[C@H](O)[C@H]3O)c2)CCN1. The van der Waals surface area contributed by atoms with Crippen molar-refractivity contribution in [3.63, 3.8) is 0 Å². The molecule has 2 amide bonds. The normalized spacial score (nSPS) is 30.6. The van der Waals surface area contributed by atoms with Crippen LogP contribution in [0.25, 0.3) is 0 Å². The zero-order chi connectivity index (χ0) is 20.3. The number of hydrogen-bond donors (Lipinski definition) is 5. The lowest BCUT2D eigenvalue weighted by atomic mass is 9.91. The van der Waals surface area contributed by atoms with Crippen LogP contribution in [-0.4, -0.2) is 94.4 Å². The third-order valence-corrected chi connectivity index (χ3v) is 4.83. The Bertz CT molecular complexity index is 713. The van der Waals surface area contributed by atoms with Crippen molar-refractivity contribution >= 4 is 11.8 Å². The van der Waals surface area contributed by atoms with Crippen LogP contribution >= 0.6 is 0 Å². The second-order valence-corrected chi connectivity index (χ2v) is 6.78. The second kappa shape index (κ2) is 8.84. The molecule has 1 unspecified atom stereocenters. The molecule has 0 radical (unpaired) electrons. The van der Waals surface area contributed by atoms with Crippen LogP contribution in [0, 0.1) is 0 Å². The van der Waals surface area contributed by atoms with E-state index in [-0.39, 0.29) is 25.0 Å². The molecule has 0 aliphatic carbocycles. The lowest BCUT2D eigenvalue weighted by Gasteiger charge is -2.40. The largest absolute Gasteiger partial charge is 0.484 e.